The predicted octanol–water partition coefficient (Wildman–Crippen LogP) is 1.16. The standard InChI is InChI=1S/C11H16IN3O/c1-8-10(12)11(16)15(7-14-8)5-4-13-6-9-2-3-9/h7,9,13H,2-6H2,1H3. The fraction of sp³-hybridized carbons (Fsp3) is 0.636. The molecule has 1 aromatic rings. The van der Waals surface area contributed by atoms with E-state index in [4.69, 9.17) is 0 Å². The number of hydrogen-bond donors (Lipinski definition) is 1. The van der Waals surface area contributed by atoms with Gasteiger partial charge in [0, 0.05) is 13.1 Å². The van der Waals surface area contributed by atoms with Crippen molar-refractivity contribution in [1.82, 2.24) is 14.9 Å². The lowest BCUT2D eigenvalue weighted by atomic mass is 10.4. The summed E-state index contributed by atoms with van der Waals surface area (Å²) in [5, 5.41) is 3.37. The van der Waals surface area contributed by atoms with Crippen molar-refractivity contribution in [3.8, 4) is 0 Å². The zero-order valence-electron chi connectivity index (χ0n) is 9.37. The Kier molecular flexibility index (Phi) is 3.96. The lowest BCUT2D eigenvalue weighted by Crippen LogP contribution is -2.30. The summed E-state index contributed by atoms with van der Waals surface area (Å²) in [6.45, 7) is 4.50. The van der Waals surface area contributed by atoms with Crippen molar-refractivity contribution >= 4 is 22.6 Å². The Morgan fingerprint density at radius 3 is 3.06 bits per heavy atom. The van der Waals surface area contributed by atoms with Crippen molar-refractivity contribution in [3.05, 3.63) is 25.9 Å². The molecule has 0 saturated heterocycles. The minimum absolute atomic E-state index is 0.0707. The van der Waals surface area contributed by atoms with Gasteiger partial charge in [-0.3, -0.25) is 9.36 Å². The van der Waals surface area contributed by atoms with Crippen LogP contribution in [0, 0.1) is 16.4 Å². The largest absolute Gasteiger partial charge is 0.315 e. The van der Waals surface area contributed by atoms with Crippen LogP contribution in [0.25, 0.3) is 0 Å². The van der Waals surface area contributed by atoms with E-state index in [0.29, 0.717) is 6.54 Å². The van der Waals surface area contributed by atoms with Gasteiger partial charge >= 0.3 is 0 Å². The molecule has 0 atom stereocenters. The second kappa shape index (κ2) is 5.27. The van der Waals surface area contributed by atoms with Gasteiger partial charge in [-0.2, -0.15) is 0 Å². The highest BCUT2D eigenvalue weighted by atomic mass is 127. The maximum absolute atomic E-state index is 11.8. The third kappa shape index (κ3) is 3.04. The van der Waals surface area contributed by atoms with E-state index >= 15 is 0 Å². The predicted molar refractivity (Wildman–Crippen MR) is 71.5 cm³/mol. The van der Waals surface area contributed by atoms with Gasteiger partial charge in [0.05, 0.1) is 15.6 Å². The summed E-state index contributed by atoms with van der Waals surface area (Å²) in [5.74, 6) is 0.882. The third-order valence-electron chi connectivity index (χ3n) is 2.82. The molecule has 1 N–H and O–H groups in total. The monoisotopic (exact) mass is 333 g/mol. The Balaban J connectivity index is 1.88. The average molecular weight is 333 g/mol. The van der Waals surface area contributed by atoms with Crippen molar-refractivity contribution in [2.75, 3.05) is 13.1 Å². The third-order valence-corrected chi connectivity index (χ3v) is 4.06. The fourth-order valence-electron chi connectivity index (χ4n) is 1.53. The summed E-state index contributed by atoms with van der Waals surface area (Å²) in [7, 11) is 0. The molecule has 0 bridgehead atoms. The van der Waals surface area contributed by atoms with Gasteiger partial charge in [0.1, 0.15) is 0 Å². The fourth-order valence-corrected chi connectivity index (χ4v) is 1.98. The summed E-state index contributed by atoms with van der Waals surface area (Å²) in [6.07, 6.45) is 4.35. The van der Waals surface area contributed by atoms with Crippen LogP contribution in [0.15, 0.2) is 11.1 Å². The topological polar surface area (TPSA) is 46.9 Å². The molecule has 1 heterocycles. The zero-order chi connectivity index (χ0) is 11.5. The van der Waals surface area contributed by atoms with Crippen LogP contribution in [0.1, 0.15) is 18.5 Å². The Hall–Kier alpha value is -0.430. The quantitative estimate of drug-likeness (QED) is 0.650. The van der Waals surface area contributed by atoms with E-state index in [0.717, 1.165) is 28.3 Å². The van der Waals surface area contributed by atoms with Gasteiger partial charge in [-0.1, -0.05) is 0 Å². The van der Waals surface area contributed by atoms with Gasteiger partial charge in [-0.15, -0.1) is 0 Å². The molecule has 16 heavy (non-hydrogen) atoms. The van der Waals surface area contributed by atoms with Crippen LogP contribution in [0.4, 0.5) is 0 Å². The maximum atomic E-state index is 11.8. The molecule has 0 spiro atoms. The molecular weight excluding hydrogens is 317 g/mol. The van der Waals surface area contributed by atoms with Crippen molar-refractivity contribution < 1.29 is 0 Å². The molecule has 0 radical (unpaired) electrons. The molecule has 5 heteroatoms. The molecule has 2 rings (SSSR count). The molecule has 0 aromatic carbocycles. The first kappa shape index (κ1) is 12.0. The zero-order valence-corrected chi connectivity index (χ0v) is 11.5. The average Bonchev–Trinajstić information content (AvgIpc) is 3.08. The van der Waals surface area contributed by atoms with Crippen LogP contribution in [-0.4, -0.2) is 22.6 Å². The van der Waals surface area contributed by atoms with Gasteiger partial charge < -0.3 is 5.32 Å². The van der Waals surface area contributed by atoms with Crippen LogP contribution in [0.2, 0.25) is 0 Å². The number of aromatic nitrogens is 2. The molecule has 1 aliphatic rings. The van der Waals surface area contributed by atoms with Crippen LogP contribution in [-0.2, 0) is 6.54 Å². The molecule has 88 valence electrons. The molecular formula is C11H16IN3O. The second-order valence-corrected chi connectivity index (χ2v) is 5.37. The summed E-state index contributed by atoms with van der Waals surface area (Å²) in [4.78, 5) is 16.0. The lowest BCUT2D eigenvalue weighted by Gasteiger charge is -2.07. The van der Waals surface area contributed by atoms with E-state index in [-0.39, 0.29) is 5.56 Å². The van der Waals surface area contributed by atoms with Crippen LogP contribution < -0.4 is 10.9 Å². The molecule has 1 aliphatic carbocycles. The molecule has 1 fully saturated rings. The number of nitrogens with one attached hydrogen (secondary N) is 1. The number of aryl methyl sites for hydroxylation is 1. The van der Waals surface area contributed by atoms with E-state index in [1.54, 1.807) is 10.9 Å². The second-order valence-electron chi connectivity index (χ2n) is 4.29. The normalized spacial score (nSPS) is 15.4. The number of rotatable bonds is 5. The van der Waals surface area contributed by atoms with Crippen molar-refractivity contribution in [1.29, 1.82) is 0 Å². The van der Waals surface area contributed by atoms with E-state index in [2.05, 4.69) is 32.9 Å². The SMILES string of the molecule is Cc1ncn(CCNCC2CC2)c(=O)c1I. The molecule has 1 saturated carbocycles. The highest BCUT2D eigenvalue weighted by Gasteiger charge is 2.19. The van der Waals surface area contributed by atoms with E-state index in [9.17, 15) is 4.79 Å². The minimum atomic E-state index is 0.0707. The van der Waals surface area contributed by atoms with Gasteiger partial charge in [0.25, 0.3) is 5.56 Å². The van der Waals surface area contributed by atoms with E-state index in [1.807, 2.05) is 6.92 Å². The number of halogens is 1. The lowest BCUT2D eigenvalue weighted by molar-refractivity contribution is 0.559. The molecule has 0 aliphatic heterocycles. The molecule has 0 unspecified atom stereocenters. The molecule has 4 nitrogen and oxygen atoms in total. The van der Waals surface area contributed by atoms with Crippen molar-refractivity contribution in [2.24, 2.45) is 5.92 Å². The first-order valence-electron chi connectivity index (χ1n) is 5.60. The van der Waals surface area contributed by atoms with Gasteiger partial charge in [-0.25, -0.2) is 4.98 Å². The van der Waals surface area contributed by atoms with Crippen molar-refractivity contribution in [3.63, 3.8) is 0 Å². The van der Waals surface area contributed by atoms with Gasteiger partial charge in [0.15, 0.2) is 0 Å². The Labute approximate surface area is 109 Å². The van der Waals surface area contributed by atoms with Crippen LogP contribution in [0.3, 0.4) is 0 Å². The van der Waals surface area contributed by atoms with Gasteiger partial charge in [-0.05, 0) is 54.8 Å². The number of hydrogen-bond acceptors (Lipinski definition) is 3. The maximum Gasteiger partial charge on any atom is 0.267 e. The van der Waals surface area contributed by atoms with Crippen molar-refractivity contribution in [2.45, 2.75) is 26.3 Å². The summed E-state index contributed by atoms with van der Waals surface area (Å²) >= 11 is 2.06. The summed E-state index contributed by atoms with van der Waals surface area (Å²) < 4.78 is 2.40. The highest BCUT2D eigenvalue weighted by molar-refractivity contribution is 14.1. The molecule has 0 amide bonds. The Morgan fingerprint density at radius 1 is 1.62 bits per heavy atom. The van der Waals surface area contributed by atoms with Gasteiger partial charge in [0.2, 0.25) is 0 Å². The number of nitrogens with zero attached hydrogens (tertiary/aromatic N) is 2. The Bertz CT molecular complexity index is 426. The minimum Gasteiger partial charge on any atom is -0.315 e. The highest BCUT2D eigenvalue weighted by Crippen LogP contribution is 2.27. The smallest absolute Gasteiger partial charge is 0.267 e. The summed E-state index contributed by atoms with van der Waals surface area (Å²) in [6, 6.07) is 0. The van der Waals surface area contributed by atoms with E-state index in [1.165, 1.54) is 12.8 Å². The Morgan fingerprint density at radius 2 is 2.38 bits per heavy atom. The van der Waals surface area contributed by atoms with Crippen LogP contribution >= 0.6 is 22.6 Å². The first-order valence-corrected chi connectivity index (χ1v) is 6.68. The summed E-state index contributed by atoms with van der Waals surface area (Å²) in [5.41, 5.74) is 0.883. The van der Waals surface area contributed by atoms with E-state index < -0.39 is 0 Å². The first-order chi connectivity index (χ1) is 7.68. The van der Waals surface area contributed by atoms with Crippen LogP contribution in [0.5, 0.6) is 0 Å². The molecule has 1 aromatic heterocycles.